The molecule has 0 saturated carbocycles. The van der Waals surface area contributed by atoms with Gasteiger partial charge in [-0.25, -0.2) is 0 Å². The zero-order valence-electron chi connectivity index (χ0n) is 9.33. The van der Waals surface area contributed by atoms with Crippen molar-refractivity contribution in [3.63, 3.8) is 0 Å². The average molecular weight is 307 g/mol. The van der Waals surface area contributed by atoms with Crippen LogP contribution in [0.5, 0.6) is 0 Å². The molecule has 0 fully saturated rings. The minimum Gasteiger partial charge on any atom is -0.380 e. The fraction of sp³-hybridized carbons (Fsp3) is 0.154. The third-order valence-corrected chi connectivity index (χ3v) is 3.69. The Morgan fingerprint density at radius 3 is 2.82 bits per heavy atom. The number of nitriles is 1. The minimum absolute atomic E-state index is 0.734. The lowest BCUT2D eigenvalue weighted by atomic mass is 10.2. The highest BCUT2D eigenvalue weighted by Crippen LogP contribution is 2.21. The predicted molar refractivity (Wildman–Crippen MR) is 75.2 cm³/mol. The van der Waals surface area contributed by atoms with Gasteiger partial charge in [-0.1, -0.05) is 15.9 Å². The van der Waals surface area contributed by atoms with E-state index in [0.717, 1.165) is 22.3 Å². The number of hydrogen-bond acceptors (Lipinski definition) is 3. The number of anilines is 1. The summed E-state index contributed by atoms with van der Waals surface area (Å²) in [5.41, 5.74) is 3.03. The van der Waals surface area contributed by atoms with Gasteiger partial charge in [0.15, 0.2) is 0 Å². The Labute approximate surface area is 113 Å². The second-order valence-corrected chi connectivity index (χ2v) is 5.70. The summed E-state index contributed by atoms with van der Waals surface area (Å²) in [5.74, 6) is 0. The van der Waals surface area contributed by atoms with Gasteiger partial charge in [0, 0.05) is 27.0 Å². The monoisotopic (exact) mass is 306 g/mol. The molecule has 0 radical (unpaired) electrons. The quantitative estimate of drug-likeness (QED) is 0.917. The molecule has 2 aromatic rings. The van der Waals surface area contributed by atoms with Crippen molar-refractivity contribution in [3.8, 4) is 6.07 Å². The molecule has 0 saturated heterocycles. The molecule has 0 atom stereocenters. The summed E-state index contributed by atoms with van der Waals surface area (Å²) in [6.07, 6.45) is 0. The van der Waals surface area contributed by atoms with Crippen LogP contribution in [0.4, 0.5) is 5.69 Å². The van der Waals surface area contributed by atoms with Gasteiger partial charge in [0.2, 0.25) is 0 Å². The normalized spacial score (nSPS) is 9.94. The molecule has 1 heterocycles. The van der Waals surface area contributed by atoms with Crippen LogP contribution >= 0.6 is 27.3 Å². The van der Waals surface area contributed by atoms with Crippen LogP contribution in [0.3, 0.4) is 0 Å². The van der Waals surface area contributed by atoms with E-state index in [2.05, 4.69) is 46.4 Å². The van der Waals surface area contributed by atoms with E-state index in [1.165, 1.54) is 10.4 Å². The summed E-state index contributed by atoms with van der Waals surface area (Å²) in [4.78, 5) is 1.17. The zero-order valence-corrected chi connectivity index (χ0v) is 11.7. The Morgan fingerprint density at radius 2 is 2.18 bits per heavy atom. The second-order valence-electron chi connectivity index (χ2n) is 3.78. The fourth-order valence-corrected chi connectivity index (χ4v) is 2.92. The molecule has 0 spiro atoms. The molecule has 0 bridgehead atoms. The Balaban J connectivity index is 2.04. The molecule has 0 amide bonds. The topological polar surface area (TPSA) is 35.8 Å². The molecule has 1 aromatic heterocycles. The molecule has 2 nitrogen and oxygen atoms in total. The molecule has 17 heavy (non-hydrogen) atoms. The Kier molecular flexibility index (Phi) is 3.82. The summed E-state index contributed by atoms with van der Waals surface area (Å²) in [5, 5.41) is 14.0. The van der Waals surface area contributed by atoms with E-state index in [1.807, 2.05) is 17.5 Å². The van der Waals surface area contributed by atoms with Crippen LogP contribution in [-0.2, 0) is 6.54 Å². The van der Waals surface area contributed by atoms with Crippen molar-refractivity contribution in [2.45, 2.75) is 13.5 Å². The third kappa shape index (κ3) is 3.32. The van der Waals surface area contributed by atoms with Crippen molar-refractivity contribution in [3.05, 3.63) is 50.1 Å². The van der Waals surface area contributed by atoms with Crippen molar-refractivity contribution in [2.24, 2.45) is 0 Å². The van der Waals surface area contributed by atoms with E-state index in [9.17, 15) is 0 Å². The van der Waals surface area contributed by atoms with Crippen molar-refractivity contribution in [1.82, 2.24) is 0 Å². The van der Waals surface area contributed by atoms with Crippen molar-refractivity contribution >= 4 is 33.0 Å². The summed E-state index contributed by atoms with van der Waals surface area (Å²) in [7, 11) is 0. The Morgan fingerprint density at radius 1 is 1.35 bits per heavy atom. The molecular formula is C13H11BrN2S. The van der Waals surface area contributed by atoms with Crippen LogP contribution in [-0.4, -0.2) is 0 Å². The van der Waals surface area contributed by atoms with Crippen LogP contribution in [0.15, 0.2) is 34.1 Å². The number of nitrogens with zero attached hydrogens (tertiary/aromatic N) is 1. The highest BCUT2D eigenvalue weighted by molar-refractivity contribution is 9.10. The molecule has 0 aliphatic carbocycles. The number of halogens is 1. The van der Waals surface area contributed by atoms with Gasteiger partial charge in [-0.2, -0.15) is 5.26 Å². The molecular weight excluding hydrogens is 296 g/mol. The van der Waals surface area contributed by atoms with Gasteiger partial charge >= 0.3 is 0 Å². The van der Waals surface area contributed by atoms with Crippen LogP contribution in [0.1, 0.15) is 16.0 Å². The van der Waals surface area contributed by atoms with E-state index in [1.54, 1.807) is 11.3 Å². The number of benzene rings is 1. The predicted octanol–water partition coefficient (Wildman–Crippen LogP) is 4.30. The largest absolute Gasteiger partial charge is 0.380 e. The molecule has 1 aromatic carbocycles. The first-order valence-corrected chi connectivity index (χ1v) is 6.83. The highest BCUT2D eigenvalue weighted by atomic mass is 79.9. The van der Waals surface area contributed by atoms with Crippen molar-refractivity contribution in [1.29, 1.82) is 5.26 Å². The van der Waals surface area contributed by atoms with Gasteiger partial charge in [-0.05, 0) is 36.8 Å². The van der Waals surface area contributed by atoms with Gasteiger partial charge in [0.1, 0.15) is 6.07 Å². The van der Waals surface area contributed by atoms with Crippen LogP contribution in [0.25, 0.3) is 0 Å². The lowest BCUT2D eigenvalue weighted by Crippen LogP contribution is -1.97. The summed E-state index contributed by atoms with van der Waals surface area (Å²) in [6.45, 7) is 2.82. The Bertz CT molecular complexity index is 549. The molecule has 0 aliphatic heterocycles. The van der Waals surface area contributed by atoms with Crippen LogP contribution in [0, 0.1) is 18.3 Å². The van der Waals surface area contributed by atoms with E-state index in [4.69, 9.17) is 5.26 Å². The third-order valence-electron chi connectivity index (χ3n) is 2.29. The first-order chi connectivity index (χ1) is 8.17. The number of aryl methyl sites for hydroxylation is 1. The van der Waals surface area contributed by atoms with Crippen molar-refractivity contribution < 1.29 is 0 Å². The smallest absolute Gasteiger partial charge is 0.100 e. The highest BCUT2D eigenvalue weighted by Gasteiger charge is 2.00. The molecule has 0 aliphatic rings. The number of thiophene rings is 1. The van der Waals surface area contributed by atoms with E-state index in [0.29, 0.717) is 0 Å². The summed E-state index contributed by atoms with van der Waals surface area (Å²) >= 11 is 5.08. The Hall–Kier alpha value is -1.31. The lowest BCUT2D eigenvalue weighted by Gasteiger charge is -2.06. The zero-order chi connectivity index (χ0) is 12.3. The molecule has 0 unspecified atom stereocenters. The second kappa shape index (κ2) is 5.35. The van der Waals surface area contributed by atoms with Crippen molar-refractivity contribution in [2.75, 3.05) is 5.32 Å². The molecule has 1 N–H and O–H groups in total. The number of rotatable bonds is 3. The molecule has 4 heteroatoms. The van der Waals surface area contributed by atoms with Crippen LogP contribution in [0.2, 0.25) is 0 Å². The van der Waals surface area contributed by atoms with E-state index < -0.39 is 0 Å². The number of hydrogen-bond donors (Lipinski definition) is 1. The standard InChI is InChI=1S/C13H11BrN2S/c1-9-2-11(14)5-12(3-9)16-7-13-4-10(6-15)8-17-13/h2-5,8,16H,7H2,1H3. The van der Waals surface area contributed by atoms with Gasteiger partial charge in [0.05, 0.1) is 5.56 Å². The van der Waals surface area contributed by atoms with E-state index >= 15 is 0 Å². The summed E-state index contributed by atoms with van der Waals surface area (Å²) in [6, 6.07) is 10.3. The van der Waals surface area contributed by atoms with Gasteiger partial charge in [-0.3, -0.25) is 0 Å². The maximum absolute atomic E-state index is 8.74. The van der Waals surface area contributed by atoms with Gasteiger partial charge in [-0.15, -0.1) is 11.3 Å². The maximum atomic E-state index is 8.74. The van der Waals surface area contributed by atoms with Gasteiger partial charge in [0.25, 0.3) is 0 Å². The molecule has 2 rings (SSSR count). The lowest BCUT2D eigenvalue weighted by molar-refractivity contribution is 1.19. The average Bonchev–Trinajstić information content (AvgIpc) is 2.73. The van der Waals surface area contributed by atoms with E-state index in [-0.39, 0.29) is 0 Å². The fourth-order valence-electron chi connectivity index (χ4n) is 1.56. The first-order valence-electron chi connectivity index (χ1n) is 5.16. The maximum Gasteiger partial charge on any atom is 0.100 e. The first kappa shape index (κ1) is 12.2. The minimum atomic E-state index is 0.734. The van der Waals surface area contributed by atoms with Crippen LogP contribution < -0.4 is 5.32 Å². The molecule has 86 valence electrons. The SMILES string of the molecule is Cc1cc(Br)cc(NCc2cc(C#N)cs2)c1. The van der Waals surface area contributed by atoms with Gasteiger partial charge < -0.3 is 5.32 Å². The number of nitrogens with one attached hydrogen (secondary N) is 1. The summed E-state index contributed by atoms with van der Waals surface area (Å²) < 4.78 is 1.07.